The van der Waals surface area contributed by atoms with Gasteiger partial charge in [-0.15, -0.1) is 0 Å². The van der Waals surface area contributed by atoms with E-state index in [4.69, 9.17) is 4.42 Å². The molecule has 2 heteroatoms. The number of rotatable bonds is 6. The molecule has 1 aromatic heterocycles. The van der Waals surface area contributed by atoms with Gasteiger partial charge >= 0.3 is 0 Å². The second-order valence-electron chi connectivity index (χ2n) is 16.7. The zero-order chi connectivity index (χ0) is 41.5. The number of furan rings is 1. The summed E-state index contributed by atoms with van der Waals surface area (Å²) >= 11 is 0. The van der Waals surface area contributed by atoms with Gasteiger partial charge in [0.25, 0.3) is 0 Å². The smallest absolute Gasteiger partial charge is 0.136 e. The zero-order valence-electron chi connectivity index (χ0n) is 34.4. The number of benzene rings is 10. The fourth-order valence-electron chi connectivity index (χ4n) is 10.8. The lowest BCUT2D eigenvalue weighted by Gasteiger charge is -2.33. The average Bonchev–Trinajstić information content (AvgIpc) is 3.99. The third-order valence-electron chi connectivity index (χ3n) is 13.5. The molecule has 294 valence electrons. The van der Waals surface area contributed by atoms with Crippen LogP contribution in [0.15, 0.2) is 241 Å². The van der Waals surface area contributed by atoms with Gasteiger partial charge < -0.3 is 9.32 Å². The van der Waals surface area contributed by atoms with Gasteiger partial charge in [0.15, 0.2) is 0 Å². The van der Waals surface area contributed by atoms with E-state index in [9.17, 15) is 0 Å². The summed E-state index contributed by atoms with van der Waals surface area (Å²) < 4.78 is 6.64. The van der Waals surface area contributed by atoms with Crippen LogP contribution >= 0.6 is 0 Å². The van der Waals surface area contributed by atoms with Crippen molar-refractivity contribution < 1.29 is 4.42 Å². The monoisotopic (exact) mass is 801 g/mol. The Bertz CT molecular complexity index is 3500. The van der Waals surface area contributed by atoms with Gasteiger partial charge in [0.1, 0.15) is 11.2 Å². The first kappa shape index (κ1) is 35.5. The van der Waals surface area contributed by atoms with Crippen LogP contribution in [0.1, 0.15) is 22.3 Å². The first-order chi connectivity index (χ1) is 31.3. The lowest BCUT2D eigenvalue weighted by Crippen LogP contribution is -2.26. The van der Waals surface area contributed by atoms with Gasteiger partial charge in [0.05, 0.1) is 11.1 Å². The SMILES string of the molecule is c1ccc(-c2ccc(-c3c(N(c4cccc(-c5ccccc5)c4)c4ccc5c(c4)C4(c6ccccc6-c6ccccc64)c4ccccc4-5)ccc4oc5ccccc5c34)cc2)cc1. The molecule has 0 N–H and O–H groups in total. The van der Waals surface area contributed by atoms with Crippen molar-refractivity contribution in [3.05, 3.63) is 259 Å². The lowest BCUT2D eigenvalue weighted by atomic mass is 9.70. The third-order valence-corrected chi connectivity index (χ3v) is 13.5. The van der Waals surface area contributed by atoms with Gasteiger partial charge in [-0.05, 0) is 115 Å². The predicted octanol–water partition coefficient (Wildman–Crippen LogP) is 16.4. The van der Waals surface area contributed by atoms with Gasteiger partial charge in [0, 0.05) is 27.7 Å². The molecule has 2 aliphatic carbocycles. The minimum atomic E-state index is -0.479. The van der Waals surface area contributed by atoms with E-state index in [-0.39, 0.29) is 0 Å². The van der Waals surface area contributed by atoms with Crippen LogP contribution in [0.5, 0.6) is 0 Å². The van der Waals surface area contributed by atoms with Crippen molar-refractivity contribution >= 4 is 39.0 Å². The van der Waals surface area contributed by atoms with Crippen LogP contribution in [0.25, 0.3) is 77.6 Å². The number of fused-ring (bicyclic) bond motifs is 13. The standard InChI is InChI=1S/C61H39NO/c1-3-16-40(17-4-1)42-30-32-43(33-31-42)59-56(36-37-58-60(59)51-25-10-14-29-57(51)63-58)62(45-21-15-20-44(38-45)41-18-5-2-6-19-41)46-34-35-50-49-24-9-13-28-54(49)61(55(50)39-46)52-26-11-7-22-47(52)48-23-8-12-27-53(48)61/h1-39H. The summed E-state index contributed by atoms with van der Waals surface area (Å²) in [5, 5.41) is 2.19. The summed E-state index contributed by atoms with van der Waals surface area (Å²) in [5.41, 5.74) is 21.9. The summed E-state index contributed by atoms with van der Waals surface area (Å²) in [6, 6.07) is 86.6. The largest absolute Gasteiger partial charge is 0.456 e. The van der Waals surface area contributed by atoms with Gasteiger partial charge in [-0.1, -0.05) is 194 Å². The third kappa shape index (κ3) is 5.25. The molecule has 0 unspecified atom stereocenters. The fourth-order valence-corrected chi connectivity index (χ4v) is 10.8. The Labute approximate surface area is 366 Å². The Hall–Kier alpha value is -8.20. The van der Waals surface area contributed by atoms with Crippen molar-refractivity contribution in [1.29, 1.82) is 0 Å². The van der Waals surface area contributed by atoms with Crippen LogP contribution < -0.4 is 4.90 Å². The highest BCUT2D eigenvalue weighted by Gasteiger charge is 2.51. The summed E-state index contributed by atoms with van der Waals surface area (Å²) in [4.78, 5) is 2.48. The van der Waals surface area contributed by atoms with Crippen molar-refractivity contribution in [3.63, 3.8) is 0 Å². The first-order valence-electron chi connectivity index (χ1n) is 21.8. The first-order valence-corrected chi connectivity index (χ1v) is 21.8. The number of anilines is 3. The van der Waals surface area contributed by atoms with Crippen molar-refractivity contribution in [2.45, 2.75) is 5.41 Å². The summed E-state index contributed by atoms with van der Waals surface area (Å²) in [6.45, 7) is 0. The van der Waals surface area contributed by atoms with Gasteiger partial charge in [-0.2, -0.15) is 0 Å². The summed E-state index contributed by atoms with van der Waals surface area (Å²) in [6.07, 6.45) is 0. The molecular weight excluding hydrogens is 763 g/mol. The average molecular weight is 802 g/mol. The molecule has 10 aromatic carbocycles. The molecule has 0 aliphatic heterocycles. The van der Waals surface area contributed by atoms with Crippen molar-refractivity contribution in [2.24, 2.45) is 0 Å². The van der Waals surface area contributed by atoms with E-state index in [0.29, 0.717) is 0 Å². The van der Waals surface area contributed by atoms with E-state index in [2.05, 4.69) is 241 Å². The van der Waals surface area contributed by atoms with Crippen molar-refractivity contribution in [2.75, 3.05) is 4.90 Å². The highest BCUT2D eigenvalue weighted by molar-refractivity contribution is 6.16. The van der Waals surface area contributed by atoms with Gasteiger partial charge in [-0.3, -0.25) is 0 Å². The van der Waals surface area contributed by atoms with Crippen LogP contribution in [-0.4, -0.2) is 0 Å². The molecule has 0 atom stereocenters. The molecule has 0 saturated heterocycles. The Morgan fingerprint density at radius 1 is 0.317 bits per heavy atom. The maximum atomic E-state index is 6.64. The highest BCUT2D eigenvalue weighted by atomic mass is 16.3. The van der Waals surface area contributed by atoms with Crippen molar-refractivity contribution in [1.82, 2.24) is 0 Å². The number of nitrogens with zero attached hydrogens (tertiary/aromatic N) is 1. The molecule has 0 bridgehead atoms. The maximum absolute atomic E-state index is 6.64. The molecule has 0 radical (unpaired) electrons. The molecule has 0 amide bonds. The van der Waals surface area contributed by atoms with E-state index in [1.165, 1.54) is 61.2 Å². The second kappa shape index (κ2) is 13.9. The summed E-state index contributed by atoms with van der Waals surface area (Å²) in [5.74, 6) is 0. The quantitative estimate of drug-likeness (QED) is 0.167. The Morgan fingerprint density at radius 2 is 0.825 bits per heavy atom. The number of hydrogen-bond acceptors (Lipinski definition) is 2. The zero-order valence-corrected chi connectivity index (χ0v) is 34.4. The fraction of sp³-hybridized carbons (Fsp3) is 0.0164. The molecule has 2 nitrogen and oxygen atoms in total. The molecule has 11 aromatic rings. The normalized spacial score (nSPS) is 12.9. The number of hydrogen-bond donors (Lipinski definition) is 0. The molecule has 1 spiro atoms. The Morgan fingerprint density at radius 3 is 1.49 bits per heavy atom. The van der Waals surface area contributed by atoms with E-state index in [1.54, 1.807) is 0 Å². The predicted molar refractivity (Wildman–Crippen MR) is 261 cm³/mol. The minimum Gasteiger partial charge on any atom is -0.456 e. The maximum Gasteiger partial charge on any atom is 0.136 e. The van der Waals surface area contributed by atoms with E-state index < -0.39 is 5.41 Å². The molecule has 63 heavy (non-hydrogen) atoms. The Kier molecular flexibility index (Phi) is 7.85. The van der Waals surface area contributed by atoms with Crippen LogP contribution in [0, 0.1) is 0 Å². The van der Waals surface area contributed by atoms with E-state index in [0.717, 1.165) is 55.7 Å². The second-order valence-corrected chi connectivity index (χ2v) is 16.7. The molecule has 0 saturated carbocycles. The van der Waals surface area contributed by atoms with Crippen LogP contribution in [0.2, 0.25) is 0 Å². The molecule has 2 aliphatic rings. The molecule has 0 fully saturated rings. The number of para-hydroxylation sites is 1. The van der Waals surface area contributed by atoms with E-state index >= 15 is 0 Å². The molecule has 1 heterocycles. The summed E-state index contributed by atoms with van der Waals surface area (Å²) in [7, 11) is 0. The van der Waals surface area contributed by atoms with Crippen molar-refractivity contribution in [3.8, 4) is 55.6 Å². The minimum absolute atomic E-state index is 0.479. The van der Waals surface area contributed by atoms with E-state index in [1.807, 2.05) is 0 Å². The molecular formula is C61H39NO. The Balaban J connectivity index is 1.11. The van der Waals surface area contributed by atoms with Crippen LogP contribution in [0.3, 0.4) is 0 Å². The highest BCUT2D eigenvalue weighted by Crippen LogP contribution is 2.63. The van der Waals surface area contributed by atoms with Crippen LogP contribution in [0.4, 0.5) is 17.1 Å². The van der Waals surface area contributed by atoms with Gasteiger partial charge in [-0.25, -0.2) is 0 Å². The van der Waals surface area contributed by atoms with Crippen LogP contribution in [-0.2, 0) is 5.41 Å². The topological polar surface area (TPSA) is 16.4 Å². The lowest BCUT2D eigenvalue weighted by molar-refractivity contribution is 0.669. The molecule has 13 rings (SSSR count). The van der Waals surface area contributed by atoms with Gasteiger partial charge in [0.2, 0.25) is 0 Å².